The van der Waals surface area contributed by atoms with Crippen LogP contribution < -0.4 is 0 Å². The summed E-state index contributed by atoms with van der Waals surface area (Å²) in [6, 6.07) is 63.9. The van der Waals surface area contributed by atoms with Gasteiger partial charge in [-0.25, -0.2) is 9.97 Å². The van der Waals surface area contributed by atoms with Gasteiger partial charge in [0.2, 0.25) is 0 Å². The Kier molecular flexibility index (Phi) is 6.27. The second-order valence-corrected chi connectivity index (χ2v) is 14.1. The molecular weight excluding hydrogens is 673 g/mol. The van der Waals surface area contributed by atoms with E-state index in [-0.39, 0.29) is 0 Å². The lowest BCUT2D eigenvalue weighted by Crippen LogP contribution is -1.97. The maximum Gasteiger partial charge on any atom is 0.161 e. The molecule has 0 saturated carbocycles. The molecule has 256 valence electrons. The molecule has 0 aliphatic carbocycles. The van der Waals surface area contributed by atoms with Crippen molar-refractivity contribution >= 4 is 76.5 Å². The number of aromatic nitrogens is 4. The standard InChI is InChI=1S/C50H30N4O/c1-4-16-31(17-5-1)47-34-22-10-13-25-39(34)51-50(52-47)38-30-42-46(49-44(38)36-24-12-15-27-43(36)55-49)37-28-29-41-45(48(37)54(42)33-20-8-3-9-21-33)35-23-11-14-26-40(35)53(41)32-18-6-2-7-19-32/h1-30H. The Morgan fingerprint density at radius 1 is 0.418 bits per heavy atom. The number of fused-ring (bicyclic) bond motifs is 12. The van der Waals surface area contributed by atoms with Gasteiger partial charge in [0.15, 0.2) is 5.82 Å². The van der Waals surface area contributed by atoms with E-state index in [9.17, 15) is 0 Å². The van der Waals surface area contributed by atoms with Crippen molar-refractivity contribution in [3.63, 3.8) is 0 Å². The van der Waals surface area contributed by atoms with Crippen LogP contribution in [0.15, 0.2) is 186 Å². The minimum absolute atomic E-state index is 0.659. The maximum atomic E-state index is 6.99. The fourth-order valence-electron chi connectivity index (χ4n) is 8.81. The van der Waals surface area contributed by atoms with Gasteiger partial charge in [0.25, 0.3) is 0 Å². The molecule has 0 aliphatic heterocycles. The number of furan rings is 1. The summed E-state index contributed by atoms with van der Waals surface area (Å²) in [6.07, 6.45) is 0. The Morgan fingerprint density at radius 2 is 1.05 bits per heavy atom. The number of hydrogen-bond donors (Lipinski definition) is 0. The summed E-state index contributed by atoms with van der Waals surface area (Å²) in [5.41, 5.74) is 12.1. The molecule has 5 nitrogen and oxygen atoms in total. The van der Waals surface area contributed by atoms with Gasteiger partial charge >= 0.3 is 0 Å². The highest BCUT2D eigenvalue weighted by Crippen LogP contribution is 2.48. The van der Waals surface area contributed by atoms with Gasteiger partial charge in [-0.15, -0.1) is 0 Å². The number of para-hydroxylation sites is 5. The first-order valence-corrected chi connectivity index (χ1v) is 18.6. The SMILES string of the molecule is c1ccc(-c2nc(-c3cc4c(c5ccc6c(c7ccccc7n6-c6ccccc6)c5n4-c4ccccc4)c4oc5ccccc5c34)nc3ccccc23)cc1. The molecule has 0 fully saturated rings. The predicted octanol–water partition coefficient (Wildman–Crippen LogP) is 13.1. The molecule has 4 heterocycles. The highest BCUT2D eigenvalue weighted by Gasteiger charge is 2.27. The average molecular weight is 703 g/mol. The lowest BCUT2D eigenvalue weighted by molar-refractivity contribution is 0.673. The largest absolute Gasteiger partial charge is 0.455 e. The van der Waals surface area contributed by atoms with Crippen molar-refractivity contribution in [1.29, 1.82) is 0 Å². The van der Waals surface area contributed by atoms with Crippen LogP contribution in [-0.4, -0.2) is 19.1 Å². The number of hydrogen-bond acceptors (Lipinski definition) is 3. The molecule has 5 heteroatoms. The lowest BCUT2D eigenvalue weighted by Gasteiger charge is -2.12. The van der Waals surface area contributed by atoms with E-state index in [0.29, 0.717) is 5.82 Å². The van der Waals surface area contributed by atoms with Gasteiger partial charge in [-0.05, 0) is 60.7 Å². The van der Waals surface area contributed by atoms with Crippen molar-refractivity contribution in [3.8, 4) is 34.0 Å². The van der Waals surface area contributed by atoms with Gasteiger partial charge < -0.3 is 13.6 Å². The van der Waals surface area contributed by atoms with E-state index in [4.69, 9.17) is 14.4 Å². The third kappa shape index (κ3) is 4.29. The smallest absolute Gasteiger partial charge is 0.161 e. The van der Waals surface area contributed by atoms with Gasteiger partial charge in [-0.2, -0.15) is 0 Å². The second kappa shape index (κ2) is 11.5. The Balaban J connectivity index is 1.30. The molecule has 0 N–H and O–H groups in total. The van der Waals surface area contributed by atoms with Crippen LogP contribution in [0, 0.1) is 0 Å². The molecule has 0 aliphatic rings. The molecule has 0 saturated heterocycles. The highest BCUT2D eigenvalue weighted by molar-refractivity contribution is 6.32. The zero-order valence-corrected chi connectivity index (χ0v) is 29.5. The van der Waals surface area contributed by atoms with Crippen molar-refractivity contribution in [3.05, 3.63) is 182 Å². The van der Waals surface area contributed by atoms with Gasteiger partial charge in [0.05, 0.1) is 38.7 Å². The highest BCUT2D eigenvalue weighted by atomic mass is 16.3. The summed E-state index contributed by atoms with van der Waals surface area (Å²) >= 11 is 0. The summed E-state index contributed by atoms with van der Waals surface area (Å²) in [7, 11) is 0. The van der Waals surface area contributed by atoms with Crippen molar-refractivity contribution in [2.24, 2.45) is 0 Å². The fourth-order valence-corrected chi connectivity index (χ4v) is 8.81. The topological polar surface area (TPSA) is 48.8 Å². The molecule has 0 unspecified atom stereocenters. The van der Waals surface area contributed by atoms with E-state index in [1.165, 1.54) is 10.8 Å². The quantitative estimate of drug-likeness (QED) is 0.183. The van der Waals surface area contributed by atoms with Gasteiger partial charge in [-0.3, -0.25) is 0 Å². The number of nitrogens with zero attached hydrogens (tertiary/aromatic N) is 4. The maximum absolute atomic E-state index is 6.99. The van der Waals surface area contributed by atoms with Crippen molar-refractivity contribution < 1.29 is 4.42 Å². The van der Waals surface area contributed by atoms with Gasteiger partial charge in [0, 0.05) is 54.8 Å². The van der Waals surface area contributed by atoms with Crippen LogP contribution in [-0.2, 0) is 0 Å². The van der Waals surface area contributed by atoms with Crippen LogP contribution in [0.4, 0.5) is 0 Å². The van der Waals surface area contributed by atoms with E-state index in [0.717, 1.165) is 93.9 Å². The summed E-state index contributed by atoms with van der Waals surface area (Å²) < 4.78 is 11.8. The first kappa shape index (κ1) is 30.0. The minimum Gasteiger partial charge on any atom is -0.455 e. The first-order valence-electron chi connectivity index (χ1n) is 18.6. The summed E-state index contributed by atoms with van der Waals surface area (Å²) in [5.74, 6) is 0.659. The van der Waals surface area contributed by atoms with Crippen LogP contribution in [0.1, 0.15) is 0 Å². The molecule has 12 rings (SSSR count). The second-order valence-electron chi connectivity index (χ2n) is 14.1. The fraction of sp³-hybridized carbons (Fsp3) is 0. The summed E-state index contributed by atoms with van der Waals surface area (Å²) in [4.78, 5) is 10.7. The van der Waals surface area contributed by atoms with E-state index >= 15 is 0 Å². The molecule has 0 atom stereocenters. The molecule has 4 aromatic heterocycles. The van der Waals surface area contributed by atoms with Crippen molar-refractivity contribution in [1.82, 2.24) is 19.1 Å². The lowest BCUT2D eigenvalue weighted by atomic mass is 10.00. The average Bonchev–Trinajstić information content (AvgIpc) is 3.92. The molecule has 0 bridgehead atoms. The van der Waals surface area contributed by atoms with Crippen LogP contribution in [0.3, 0.4) is 0 Å². The van der Waals surface area contributed by atoms with Gasteiger partial charge in [-0.1, -0.05) is 121 Å². The van der Waals surface area contributed by atoms with Crippen molar-refractivity contribution in [2.45, 2.75) is 0 Å². The van der Waals surface area contributed by atoms with Gasteiger partial charge in [0.1, 0.15) is 11.2 Å². The van der Waals surface area contributed by atoms with Crippen LogP contribution >= 0.6 is 0 Å². The Bertz CT molecular complexity index is 3470. The zero-order chi connectivity index (χ0) is 36.0. The minimum atomic E-state index is 0.659. The molecule has 8 aromatic carbocycles. The third-order valence-corrected chi connectivity index (χ3v) is 11.1. The van der Waals surface area contributed by atoms with Crippen LogP contribution in [0.25, 0.3) is 110 Å². The number of rotatable bonds is 4. The van der Waals surface area contributed by atoms with Crippen LogP contribution in [0.5, 0.6) is 0 Å². The monoisotopic (exact) mass is 702 g/mol. The number of benzene rings is 8. The van der Waals surface area contributed by atoms with Crippen LogP contribution in [0.2, 0.25) is 0 Å². The Hall–Kier alpha value is -7.50. The zero-order valence-electron chi connectivity index (χ0n) is 29.5. The van der Waals surface area contributed by atoms with E-state index in [1.54, 1.807) is 0 Å². The summed E-state index contributed by atoms with van der Waals surface area (Å²) in [5, 5.41) is 7.64. The molecule has 0 radical (unpaired) electrons. The molecular formula is C50H30N4O. The normalized spacial score (nSPS) is 12.0. The Labute approximate surface area is 315 Å². The van der Waals surface area contributed by atoms with Crippen molar-refractivity contribution in [2.75, 3.05) is 0 Å². The van der Waals surface area contributed by atoms with E-state index in [2.05, 4.69) is 173 Å². The molecule has 0 amide bonds. The molecule has 12 aromatic rings. The molecule has 55 heavy (non-hydrogen) atoms. The first-order chi connectivity index (χ1) is 27.3. The third-order valence-electron chi connectivity index (χ3n) is 11.1. The summed E-state index contributed by atoms with van der Waals surface area (Å²) in [6.45, 7) is 0. The Morgan fingerprint density at radius 3 is 1.84 bits per heavy atom. The molecule has 0 spiro atoms. The predicted molar refractivity (Wildman–Crippen MR) is 226 cm³/mol. The van der Waals surface area contributed by atoms with E-state index in [1.807, 2.05) is 18.2 Å². The van der Waals surface area contributed by atoms with E-state index < -0.39 is 0 Å².